The number of hydrogen-bond donors (Lipinski definition) is 1. The van der Waals surface area contributed by atoms with E-state index in [9.17, 15) is 4.79 Å². The van der Waals surface area contributed by atoms with Crippen LogP contribution in [-0.4, -0.2) is 38.9 Å². The summed E-state index contributed by atoms with van der Waals surface area (Å²) in [5.41, 5.74) is 0.651. The first-order valence-corrected chi connectivity index (χ1v) is 8.70. The molecule has 2 N–H and O–H groups in total. The van der Waals surface area contributed by atoms with Crippen molar-refractivity contribution in [1.29, 1.82) is 0 Å². The van der Waals surface area contributed by atoms with Crippen molar-refractivity contribution < 1.29 is 24.3 Å². The fourth-order valence-corrected chi connectivity index (χ4v) is 3.33. The molecule has 134 valence electrons. The van der Waals surface area contributed by atoms with Crippen LogP contribution >= 0.6 is 0 Å². The van der Waals surface area contributed by atoms with Gasteiger partial charge in [-0.25, -0.2) is 0 Å². The fraction of sp³-hybridized carbons (Fsp3) is 0.632. The van der Waals surface area contributed by atoms with Crippen molar-refractivity contribution in [2.24, 2.45) is 5.92 Å². The lowest BCUT2D eigenvalue weighted by Crippen LogP contribution is -2.86. The number of ether oxygens (including phenoxy) is 3. The number of aryl methyl sites for hydroxylation is 1. The van der Waals surface area contributed by atoms with Crippen molar-refractivity contribution >= 4 is 5.97 Å². The van der Waals surface area contributed by atoms with Crippen molar-refractivity contribution in [3.63, 3.8) is 0 Å². The molecular weight excluding hydrogens is 306 g/mol. The molecule has 0 amide bonds. The Balaban J connectivity index is 1.88. The summed E-state index contributed by atoms with van der Waals surface area (Å²) in [5, 5.41) is 2.32. The molecule has 1 aliphatic rings. The van der Waals surface area contributed by atoms with Crippen molar-refractivity contribution in [3.8, 4) is 11.5 Å². The molecule has 1 aromatic rings. The highest BCUT2D eigenvalue weighted by Gasteiger charge is 2.35. The first kappa shape index (κ1) is 18.6. The van der Waals surface area contributed by atoms with Crippen LogP contribution in [0.2, 0.25) is 0 Å². The minimum absolute atomic E-state index is 0.135. The van der Waals surface area contributed by atoms with E-state index in [4.69, 9.17) is 14.2 Å². The van der Waals surface area contributed by atoms with Crippen LogP contribution in [0, 0.1) is 5.92 Å². The maximum Gasteiger partial charge on any atom is 0.306 e. The van der Waals surface area contributed by atoms with Crippen LogP contribution in [0.1, 0.15) is 38.7 Å². The van der Waals surface area contributed by atoms with Gasteiger partial charge in [-0.1, -0.05) is 6.07 Å². The van der Waals surface area contributed by atoms with Gasteiger partial charge in [-0.15, -0.1) is 0 Å². The zero-order valence-corrected chi connectivity index (χ0v) is 15.3. The van der Waals surface area contributed by atoms with Crippen molar-refractivity contribution in [1.82, 2.24) is 0 Å². The number of rotatable bonds is 7. The van der Waals surface area contributed by atoms with Gasteiger partial charge < -0.3 is 19.5 Å². The topological polar surface area (TPSA) is 61.4 Å². The van der Waals surface area contributed by atoms with E-state index in [2.05, 4.69) is 5.32 Å². The second-order valence-electron chi connectivity index (χ2n) is 6.91. The van der Waals surface area contributed by atoms with E-state index in [1.165, 1.54) is 0 Å². The third-order valence-electron chi connectivity index (χ3n) is 4.86. The number of esters is 1. The zero-order chi connectivity index (χ0) is 17.6. The molecule has 24 heavy (non-hydrogen) atoms. The third kappa shape index (κ3) is 4.87. The number of methoxy groups -OCH3 is 2. The summed E-state index contributed by atoms with van der Waals surface area (Å²) in [6.45, 7) is 6.32. The standard InChI is InChI=1S/C19H29NO4/c1-19(2,15-9-11-20-12-10-15)24-18(21)8-6-14-5-7-16(22-3)17(13-14)23-4/h5,7,13,15,20H,6,8-12H2,1-4H3/p+1. The van der Waals surface area contributed by atoms with Gasteiger partial charge >= 0.3 is 5.97 Å². The Labute approximate surface area is 144 Å². The Morgan fingerprint density at radius 1 is 1.17 bits per heavy atom. The lowest BCUT2D eigenvalue weighted by Gasteiger charge is -2.35. The third-order valence-corrected chi connectivity index (χ3v) is 4.86. The van der Waals surface area contributed by atoms with Gasteiger partial charge in [0.15, 0.2) is 11.5 Å². The average Bonchev–Trinajstić information content (AvgIpc) is 2.60. The largest absolute Gasteiger partial charge is 0.493 e. The molecule has 1 saturated heterocycles. The van der Waals surface area contributed by atoms with E-state index in [1.54, 1.807) is 14.2 Å². The molecule has 0 atom stereocenters. The summed E-state index contributed by atoms with van der Waals surface area (Å²) in [7, 11) is 3.22. The molecule has 2 rings (SSSR count). The van der Waals surface area contributed by atoms with Crippen LogP contribution in [0.25, 0.3) is 0 Å². The summed E-state index contributed by atoms with van der Waals surface area (Å²) < 4.78 is 16.3. The molecule has 0 saturated carbocycles. The highest BCUT2D eigenvalue weighted by atomic mass is 16.6. The van der Waals surface area contributed by atoms with Gasteiger partial charge in [0.25, 0.3) is 0 Å². The van der Waals surface area contributed by atoms with Crippen LogP contribution in [0.4, 0.5) is 0 Å². The average molecular weight is 336 g/mol. The predicted molar refractivity (Wildman–Crippen MR) is 92.4 cm³/mol. The molecule has 0 radical (unpaired) electrons. The minimum Gasteiger partial charge on any atom is -0.493 e. The molecular formula is C19H30NO4+. The van der Waals surface area contributed by atoms with Gasteiger partial charge in [-0.2, -0.15) is 0 Å². The molecule has 5 nitrogen and oxygen atoms in total. The molecule has 0 unspecified atom stereocenters. The Bertz CT molecular complexity index is 550. The summed E-state index contributed by atoms with van der Waals surface area (Å²) in [5.74, 6) is 1.69. The van der Waals surface area contributed by atoms with Crippen LogP contribution in [0.3, 0.4) is 0 Å². The molecule has 1 aromatic carbocycles. The zero-order valence-electron chi connectivity index (χ0n) is 15.3. The van der Waals surface area contributed by atoms with E-state index >= 15 is 0 Å². The number of nitrogens with two attached hydrogens (primary N) is 1. The lowest BCUT2D eigenvalue weighted by molar-refractivity contribution is -0.665. The molecule has 0 spiro atoms. The quantitative estimate of drug-likeness (QED) is 0.773. The van der Waals surface area contributed by atoms with Gasteiger partial charge in [0.2, 0.25) is 0 Å². The number of hydrogen-bond acceptors (Lipinski definition) is 4. The number of quaternary nitrogens is 1. The molecule has 5 heteroatoms. The summed E-state index contributed by atoms with van der Waals surface area (Å²) in [6, 6.07) is 5.73. The summed E-state index contributed by atoms with van der Waals surface area (Å²) in [4.78, 5) is 12.3. The van der Waals surface area contributed by atoms with E-state index in [0.717, 1.165) is 31.5 Å². The Morgan fingerprint density at radius 2 is 1.83 bits per heavy atom. The Hall–Kier alpha value is -1.75. The Morgan fingerprint density at radius 3 is 2.46 bits per heavy atom. The van der Waals surface area contributed by atoms with Crippen LogP contribution in [0.5, 0.6) is 11.5 Å². The maximum atomic E-state index is 12.3. The van der Waals surface area contributed by atoms with Gasteiger partial charge in [0, 0.05) is 25.2 Å². The number of piperidine rings is 1. The summed E-state index contributed by atoms with van der Waals surface area (Å²) in [6.07, 6.45) is 3.22. The van der Waals surface area contributed by atoms with Gasteiger partial charge in [0.05, 0.1) is 27.3 Å². The van der Waals surface area contributed by atoms with Crippen LogP contribution in [-0.2, 0) is 16.0 Å². The number of benzene rings is 1. The van der Waals surface area contributed by atoms with E-state index in [1.807, 2.05) is 32.0 Å². The van der Waals surface area contributed by atoms with Gasteiger partial charge in [-0.05, 0) is 38.0 Å². The second kappa shape index (κ2) is 8.38. The van der Waals surface area contributed by atoms with Crippen molar-refractivity contribution in [2.45, 2.75) is 45.1 Å². The first-order valence-electron chi connectivity index (χ1n) is 8.70. The Kier molecular flexibility index (Phi) is 6.49. The lowest BCUT2D eigenvalue weighted by atomic mass is 9.83. The van der Waals surface area contributed by atoms with E-state index in [-0.39, 0.29) is 11.6 Å². The van der Waals surface area contributed by atoms with E-state index < -0.39 is 0 Å². The normalized spacial score (nSPS) is 15.8. The molecule has 1 aliphatic heterocycles. The monoisotopic (exact) mass is 336 g/mol. The van der Waals surface area contributed by atoms with Crippen LogP contribution < -0.4 is 14.8 Å². The van der Waals surface area contributed by atoms with Gasteiger partial charge in [0.1, 0.15) is 5.60 Å². The predicted octanol–water partition coefficient (Wildman–Crippen LogP) is 1.93. The molecule has 0 aromatic heterocycles. The molecule has 0 bridgehead atoms. The van der Waals surface area contributed by atoms with Crippen molar-refractivity contribution in [3.05, 3.63) is 23.8 Å². The first-order chi connectivity index (χ1) is 11.5. The molecule has 1 heterocycles. The molecule has 1 fully saturated rings. The number of carbonyl (C=O) groups is 1. The SMILES string of the molecule is COc1ccc(CCC(=O)OC(C)(C)C2CC[NH2+]CC2)cc1OC. The van der Waals surface area contributed by atoms with Gasteiger partial charge in [-0.3, -0.25) is 4.79 Å². The fourth-order valence-electron chi connectivity index (χ4n) is 3.33. The second-order valence-corrected chi connectivity index (χ2v) is 6.91. The highest BCUT2D eigenvalue weighted by molar-refractivity contribution is 5.70. The number of carbonyl (C=O) groups excluding carboxylic acids is 1. The van der Waals surface area contributed by atoms with E-state index in [0.29, 0.717) is 30.3 Å². The highest BCUT2D eigenvalue weighted by Crippen LogP contribution is 2.30. The van der Waals surface area contributed by atoms with Crippen molar-refractivity contribution in [2.75, 3.05) is 27.3 Å². The maximum absolute atomic E-state index is 12.3. The summed E-state index contributed by atoms with van der Waals surface area (Å²) >= 11 is 0. The minimum atomic E-state index is -0.386. The smallest absolute Gasteiger partial charge is 0.306 e. The van der Waals surface area contributed by atoms with Crippen LogP contribution in [0.15, 0.2) is 18.2 Å². The molecule has 0 aliphatic carbocycles.